The predicted molar refractivity (Wildman–Crippen MR) is 84.6 cm³/mol. The molecule has 1 N–H and O–H groups in total. The van der Waals surface area contributed by atoms with Gasteiger partial charge in [0.05, 0.1) is 5.69 Å². The van der Waals surface area contributed by atoms with Gasteiger partial charge < -0.3 is 9.80 Å². The van der Waals surface area contributed by atoms with Crippen LogP contribution in [0, 0.1) is 5.82 Å². The van der Waals surface area contributed by atoms with Gasteiger partial charge in [0, 0.05) is 26.4 Å². The molecule has 1 aliphatic heterocycles. The molecule has 2 amide bonds. The maximum absolute atomic E-state index is 13.9. The lowest BCUT2D eigenvalue weighted by Gasteiger charge is -2.24. The Labute approximate surface area is 138 Å². The molecule has 1 aromatic heterocycles. The molecule has 1 aromatic carbocycles. The van der Waals surface area contributed by atoms with Crippen LogP contribution in [0.15, 0.2) is 30.6 Å². The number of rotatable bonds is 5. The zero-order chi connectivity index (χ0) is 17.1. The molecule has 126 valence electrons. The first-order valence-electron chi connectivity index (χ1n) is 7.73. The molecule has 0 bridgehead atoms. The number of hydrogen-bond acceptors (Lipinski definition) is 4. The number of likely N-dealkylation sites (N-methyl/N-ethyl adjacent to an activating group) is 1. The van der Waals surface area contributed by atoms with E-state index in [4.69, 9.17) is 0 Å². The first kappa shape index (κ1) is 16.1. The Hall–Kier alpha value is -2.77. The first-order valence-corrected chi connectivity index (χ1v) is 7.73. The second kappa shape index (κ2) is 6.77. The Kier molecular flexibility index (Phi) is 4.54. The standard InChI is InChI=1S/C16H18FN5O2/c1-21(15(23)7-6-14-18-10-19-20-14)13-8-9-22(16(13)24)12-5-3-2-4-11(12)17/h2-5,10,13H,6-9H2,1H3,(H,18,19,20). The Morgan fingerprint density at radius 3 is 2.96 bits per heavy atom. The number of hydrogen-bond donors (Lipinski definition) is 1. The number of aryl methyl sites for hydroxylation is 1. The third kappa shape index (κ3) is 3.12. The molecule has 0 aliphatic carbocycles. The van der Waals surface area contributed by atoms with Crippen molar-refractivity contribution < 1.29 is 14.0 Å². The number of carbonyl (C=O) groups excluding carboxylic acids is 2. The van der Waals surface area contributed by atoms with E-state index in [1.165, 1.54) is 22.2 Å². The van der Waals surface area contributed by atoms with E-state index in [0.29, 0.717) is 25.2 Å². The van der Waals surface area contributed by atoms with E-state index >= 15 is 0 Å². The lowest BCUT2D eigenvalue weighted by molar-refractivity contribution is -0.136. The largest absolute Gasteiger partial charge is 0.334 e. The number of amides is 2. The highest BCUT2D eigenvalue weighted by Gasteiger charge is 2.37. The van der Waals surface area contributed by atoms with Crippen molar-refractivity contribution in [2.24, 2.45) is 0 Å². The molecular weight excluding hydrogens is 313 g/mol. The van der Waals surface area contributed by atoms with Gasteiger partial charge in [-0.05, 0) is 18.6 Å². The Morgan fingerprint density at radius 2 is 2.25 bits per heavy atom. The van der Waals surface area contributed by atoms with Crippen molar-refractivity contribution in [3.05, 3.63) is 42.2 Å². The molecule has 7 nitrogen and oxygen atoms in total. The predicted octanol–water partition coefficient (Wildman–Crippen LogP) is 1.14. The summed E-state index contributed by atoms with van der Waals surface area (Å²) >= 11 is 0. The smallest absolute Gasteiger partial charge is 0.249 e. The molecule has 1 aliphatic rings. The van der Waals surface area contributed by atoms with Crippen molar-refractivity contribution in [1.29, 1.82) is 0 Å². The van der Waals surface area contributed by atoms with Crippen molar-refractivity contribution in [2.75, 3.05) is 18.5 Å². The van der Waals surface area contributed by atoms with Gasteiger partial charge in [-0.2, -0.15) is 5.10 Å². The second-order valence-corrected chi connectivity index (χ2v) is 5.68. The SMILES string of the molecule is CN(C(=O)CCc1ncn[nH]1)C1CCN(c2ccccc2F)C1=O. The van der Waals surface area contributed by atoms with Crippen LogP contribution in [0.2, 0.25) is 0 Å². The van der Waals surface area contributed by atoms with Crippen LogP contribution >= 0.6 is 0 Å². The van der Waals surface area contributed by atoms with Crippen LogP contribution in [-0.2, 0) is 16.0 Å². The van der Waals surface area contributed by atoms with Crippen molar-refractivity contribution in [3.8, 4) is 0 Å². The van der Waals surface area contributed by atoms with E-state index in [2.05, 4.69) is 15.2 Å². The van der Waals surface area contributed by atoms with Gasteiger partial charge >= 0.3 is 0 Å². The minimum Gasteiger partial charge on any atom is -0.334 e. The Bertz CT molecular complexity index is 734. The number of benzene rings is 1. The molecule has 8 heteroatoms. The zero-order valence-electron chi connectivity index (χ0n) is 13.3. The van der Waals surface area contributed by atoms with Crippen LogP contribution in [0.1, 0.15) is 18.7 Å². The fraction of sp³-hybridized carbons (Fsp3) is 0.375. The summed E-state index contributed by atoms with van der Waals surface area (Å²) in [6.45, 7) is 0.393. The molecule has 0 saturated carbocycles. The molecule has 0 radical (unpaired) electrons. The zero-order valence-corrected chi connectivity index (χ0v) is 13.3. The molecule has 1 unspecified atom stereocenters. The third-order valence-electron chi connectivity index (χ3n) is 4.22. The van der Waals surface area contributed by atoms with E-state index in [9.17, 15) is 14.0 Å². The summed E-state index contributed by atoms with van der Waals surface area (Å²) in [7, 11) is 1.61. The number of aromatic nitrogens is 3. The minimum absolute atomic E-state index is 0.153. The van der Waals surface area contributed by atoms with Crippen molar-refractivity contribution in [2.45, 2.75) is 25.3 Å². The summed E-state index contributed by atoms with van der Waals surface area (Å²) in [4.78, 5) is 31.7. The van der Waals surface area contributed by atoms with Gasteiger partial charge in [-0.25, -0.2) is 9.37 Å². The van der Waals surface area contributed by atoms with Gasteiger partial charge in [0.1, 0.15) is 24.0 Å². The minimum atomic E-state index is -0.563. The van der Waals surface area contributed by atoms with Gasteiger partial charge in [0.2, 0.25) is 11.8 Å². The van der Waals surface area contributed by atoms with E-state index in [-0.39, 0.29) is 23.9 Å². The van der Waals surface area contributed by atoms with Gasteiger partial charge in [-0.1, -0.05) is 12.1 Å². The average molecular weight is 331 g/mol. The van der Waals surface area contributed by atoms with Crippen molar-refractivity contribution >= 4 is 17.5 Å². The number of anilines is 1. The number of nitrogens with zero attached hydrogens (tertiary/aromatic N) is 4. The van der Waals surface area contributed by atoms with Gasteiger partial charge in [-0.3, -0.25) is 14.7 Å². The summed E-state index contributed by atoms with van der Waals surface area (Å²) < 4.78 is 13.9. The maximum Gasteiger partial charge on any atom is 0.249 e. The van der Waals surface area contributed by atoms with Gasteiger partial charge in [0.15, 0.2) is 0 Å². The Balaban J connectivity index is 1.64. The van der Waals surface area contributed by atoms with Crippen LogP contribution < -0.4 is 4.90 Å². The van der Waals surface area contributed by atoms with E-state index < -0.39 is 11.9 Å². The van der Waals surface area contributed by atoms with E-state index in [1.807, 2.05) is 0 Å². The monoisotopic (exact) mass is 331 g/mol. The lowest BCUT2D eigenvalue weighted by atomic mass is 10.2. The molecule has 2 aromatic rings. The summed E-state index contributed by atoms with van der Waals surface area (Å²) in [5.41, 5.74) is 0.257. The number of nitrogens with one attached hydrogen (secondary N) is 1. The van der Waals surface area contributed by atoms with Gasteiger partial charge in [-0.15, -0.1) is 0 Å². The summed E-state index contributed by atoms with van der Waals surface area (Å²) in [6.07, 6.45) is 2.53. The van der Waals surface area contributed by atoms with Crippen LogP contribution in [0.5, 0.6) is 0 Å². The number of H-pyrrole nitrogens is 1. The van der Waals surface area contributed by atoms with Crippen LogP contribution in [0.4, 0.5) is 10.1 Å². The second-order valence-electron chi connectivity index (χ2n) is 5.68. The van der Waals surface area contributed by atoms with E-state index in [1.54, 1.807) is 25.2 Å². The molecule has 1 fully saturated rings. The van der Waals surface area contributed by atoms with Crippen LogP contribution in [0.3, 0.4) is 0 Å². The molecule has 0 spiro atoms. The van der Waals surface area contributed by atoms with Crippen molar-refractivity contribution in [3.63, 3.8) is 0 Å². The Morgan fingerprint density at radius 1 is 1.46 bits per heavy atom. The first-order chi connectivity index (χ1) is 11.6. The normalized spacial score (nSPS) is 17.3. The molecule has 3 rings (SSSR count). The number of carbonyl (C=O) groups is 2. The molecular formula is C16H18FN5O2. The highest BCUT2D eigenvalue weighted by Crippen LogP contribution is 2.26. The topological polar surface area (TPSA) is 82.2 Å². The van der Waals surface area contributed by atoms with Gasteiger partial charge in [0.25, 0.3) is 0 Å². The summed E-state index contributed by atoms with van der Waals surface area (Å²) in [6, 6.07) is 5.59. The van der Waals surface area contributed by atoms with Crippen molar-refractivity contribution in [1.82, 2.24) is 20.1 Å². The number of aromatic amines is 1. The summed E-state index contributed by atoms with van der Waals surface area (Å²) in [5.74, 6) is -0.218. The van der Waals surface area contributed by atoms with E-state index in [0.717, 1.165) is 0 Å². The fourth-order valence-corrected chi connectivity index (χ4v) is 2.86. The van der Waals surface area contributed by atoms with Crippen LogP contribution in [0.25, 0.3) is 0 Å². The molecule has 1 atom stereocenters. The lowest BCUT2D eigenvalue weighted by Crippen LogP contribution is -2.43. The fourth-order valence-electron chi connectivity index (χ4n) is 2.86. The number of halogens is 1. The molecule has 2 heterocycles. The quantitative estimate of drug-likeness (QED) is 0.891. The highest BCUT2D eigenvalue weighted by atomic mass is 19.1. The number of para-hydroxylation sites is 1. The molecule has 24 heavy (non-hydrogen) atoms. The molecule has 1 saturated heterocycles. The third-order valence-corrected chi connectivity index (χ3v) is 4.22. The average Bonchev–Trinajstić information content (AvgIpc) is 3.22. The maximum atomic E-state index is 13.9. The highest BCUT2D eigenvalue weighted by molar-refractivity contribution is 6.01. The summed E-state index contributed by atoms with van der Waals surface area (Å²) in [5, 5.41) is 6.42. The van der Waals surface area contributed by atoms with Crippen LogP contribution in [-0.4, -0.2) is 51.5 Å².